The molecule has 1 aliphatic rings. The monoisotopic (exact) mass is 475 g/mol. The number of thioether (sulfide) groups is 1. The van der Waals surface area contributed by atoms with Gasteiger partial charge in [0.25, 0.3) is 5.91 Å². The fraction of sp³-hybridized carbons (Fsp3) is 0.370. The lowest BCUT2D eigenvalue weighted by Crippen LogP contribution is -2.31. The summed E-state index contributed by atoms with van der Waals surface area (Å²) in [5.74, 6) is 1.39. The summed E-state index contributed by atoms with van der Waals surface area (Å²) in [5.41, 5.74) is 6.72. The molecule has 6 nitrogen and oxygen atoms in total. The van der Waals surface area contributed by atoms with Gasteiger partial charge in [0.2, 0.25) is 11.1 Å². The third kappa shape index (κ3) is 4.62. The van der Waals surface area contributed by atoms with Gasteiger partial charge in [-0.05, 0) is 60.3 Å². The van der Waals surface area contributed by atoms with Gasteiger partial charge in [0.15, 0.2) is 0 Å². The summed E-state index contributed by atoms with van der Waals surface area (Å²) in [6, 6.07) is 14.1. The van der Waals surface area contributed by atoms with E-state index in [1.807, 2.05) is 43.7 Å². The maximum absolute atomic E-state index is 13.7. The van der Waals surface area contributed by atoms with Gasteiger partial charge in [0, 0.05) is 11.4 Å². The number of hydrogen-bond donors (Lipinski definition) is 2. The normalized spacial score (nSPS) is 15.7. The molecule has 1 atom stereocenters. The lowest BCUT2D eigenvalue weighted by Gasteiger charge is -2.29. The van der Waals surface area contributed by atoms with Crippen molar-refractivity contribution in [3.8, 4) is 0 Å². The van der Waals surface area contributed by atoms with Gasteiger partial charge in [0.1, 0.15) is 6.04 Å². The lowest BCUT2D eigenvalue weighted by atomic mass is 9.85. The molecule has 4 rings (SSSR count). The first-order chi connectivity index (χ1) is 16.1. The molecule has 1 aromatic heterocycles. The third-order valence-electron chi connectivity index (χ3n) is 6.30. The molecule has 0 saturated carbocycles. The minimum absolute atomic E-state index is 0.0463. The lowest BCUT2D eigenvalue weighted by molar-refractivity contribution is -0.113. The van der Waals surface area contributed by atoms with Crippen molar-refractivity contribution in [2.45, 2.75) is 65.1 Å². The Morgan fingerprint density at radius 1 is 1.12 bits per heavy atom. The van der Waals surface area contributed by atoms with Crippen LogP contribution in [0.25, 0.3) is 0 Å². The Balaban J connectivity index is 1.79. The molecule has 0 spiro atoms. The second-order valence-electron chi connectivity index (χ2n) is 9.74. The minimum atomic E-state index is -0.380. The van der Waals surface area contributed by atoms with Gasteiger partial charge >= 0.3 is 0 Å². The number of anilines is 2. The highest BCUT2D eigenvalue weighted by Crippen LogP contribution is 2.37. The number of amides is 1. The highest BCUT2D eigenvalue weighted by molar-refractivity contribution is 7.99. The van der Waals surface area contributed by atoms with Gasteiger partial charge in [-0.3, -0.25) is 4.79 Å². The Hall–Kier alpha value is -3.06. The molecule has 1 aliphatic heterocycles. The number of allylic oxidation sites excluding steroid dienone is 1. The van der Waals surface area contributed by atoms with E-state index in [1.165, 1.54) is 5.56 Å². The maximum atomic E-state index is 13.7. The topological polar surface area (TPSA) is 71.8 Å². The zero-order chi connectivity index (χ0) is 24.6. The van der Waals surface area contributed by atoms with Crippen molar-refractivity contribution < 1.29 is 4.79 Å². The van der Waals surface area contributed by atoms with Crippen molar-refractivity contribution in [2.24, 2.45) is 0 Å². The van der Waals surface area contributed by atoms with Crippen LogP contribution in [0.5, 0.6) is 0 Å². The Kier molecular flexibility index (Phi) is 6.58. The molecular weight excluding hydrogens is 442 g/mol. The van der Waals surface area contributed by atoms with Crippen molar-refractivity contribution in [3.63, 3.8) is 0 Å². The average Bonchev–Trinajstić information content (AvgIpc) is 3.17. The number of hydrogen-bond acceptors (Lipinski definition) is 5. The standard InChI is InChI=1S/C27H33N5OS/c1-8-34-26-30-25-28-18(4)22(24(33)29-21-11-9-10-16(2)17(21)3)23(32(25)31-26)19-12-14-20(15-13-19)27(5,6)7/h9-15,23H,8H2,1-7H3,(H,29,33)(H,28,30,31). The molecule has 178 valence electrons. The van der Waals surface area contributed by atoms with Crippen LogP contribution in [0.2, 0.25) is 0 Å². The van der Waals surface area contributed by atoms with Gasteiger partial charge in [-0.15, -0.1) is 5.10 Å². The van der Waals surface area contributed by atoms with Crippen LogP contribution >= 0.6 is 11.8 Å². The van der Waals surface area contributed by atoms with E-state index in [9.17, 15) is 4.79 Å². The van der Waals surface area contributed by atoms with E-state index >= 15 is 0 Å². The Morgan fingerprint density at radius 3 is 2.47 bits per heavy atom. The van der Waals surface area contributed by atoms with Crippen LogP contribution in [0, 0.1) is 13.8 Å². The van der Waals surface area contributed by atoms with E-state index in [-0.39, 0.29) is 17.4 Å². The van der Waals surface area contributed by atoms with Crippen LogP contribution in [0.4, 0.5) is 11.6 Å². The van der Waals surface area contributed by atoms with Crippen LogP contribution in [0.15, 0.2) is 58.9 Å². The number of aryl methyl sites for hydroxylation is 1. The third-order valence-corrected chi connectivity index (χ3v) is 7.02. The van der Waals surface area contributed by atoms with Gasteiger partial charge < -0.3 is 10.6 Å². The fourth-order valence-electron chi connectivity index (χ4n) is 4.17. The highest BCUT2D eigenvalue weighted by Gasteiger charge is 2.34. The molecule has 7 heteroatoms. The number of aromatic nitrogens is 3. The summed E-state index contributed by atoms with van der Waals surface area (Å²) in [5, 5.41) is 11.9. The van der Waals surface area contributed by atoms with Crippen molar-refractivity contribution in [1.29, 1.82) is 0 Å². The van der Waals surface area contributed by atoms with Crippen LogP contribution < -0.4 is 10.6 Å². The van der Waals surface area contributed by atoms with E-state index < -0.39 is 0 Å². The molecule has 2 N–H and O–H groups in total. The van der Waals surface area contributed by atoms with Gasteiger partial charge in [0.05, 0.1) is 5.57 Å². The fourth-order valence-corrected chi connectivity index (χ4v) is 4.72. The van der Waals surface area contributed by atoms with E-state index in [0.29, 0.717) is 16.7 Å². The average molecular weight is 476 g/mol. The molecule has 0 radical (unpaired) electrons. The van der Waals surface area contributed by atoms with Crippen molar-refractivity contribution in [3.05, 3.63) is 76.0 Å². The molecule has 2 heterocycles. The number of carbonyl (C=O) groups excluding carboxylic acids is 1. The molecule has 0 saturated heterocycles. The smallest absolute Gasteiger partial charge is 0.255 e. The Morgan fingerprint density at radius 2 is 1.82 bits per heavy atom. The molecule has 3 aromatic rings. The summed E-state index contributed by atoms with van der Waals surface area (Å²) in [4.78, 5) is 18.4. The summed E-state index contributed by atoms with van der Waals surface area (Å²) < 4.78 is 1.84. The summed E-state index contributed by atoms with van der Waals surface area (Å²) in [6.07, 6.45) is 0. The molecular formula is C27H33N5OS. The number of fused-ring (bicyclic) bond motifs is 1. The molecule has 0 aliphatic carbocycles. The molecule has 1 amide bonds. The molecule has 1 unspecified atom stereocenters. The predicted molar refractivity (Wildman–Crippen MR) is 141 cm³/mol. The quantitative estimate of drug-likeness (QED) is 0.428. The van der Waals surface area contributed by atoms with E-state index in [2.05, 4.69) is 67.6 Å². The summed E-state index contributed by atoms with van der Waals surface area (Å²) in [6.45, 7) is 14.7. The van der Waals surface area contributed by atoms with Crippen LogP contribution in [0.3, 0.4) is 0 Å². The first-order valence-electron chi connectivity index (χ1n) is 11.6. The number of nitrogens with one attached hydrogen (secondary N) is 2. The van der Waals surface area contributed by atoms with Crippen LogP contribution in [0.1, 0.15) is 62.9 Å². The first kappa shape index (κ1) is 24.1. The van der Waals surface area contributed by atoms with Gasteiger partial charge in [-0.2, -0.15) is 4.98 Å². The number of carbonyl (C=O) groups is 1. The number of benzene rings is 2. The second-order valence-corrected chi connectivity index (χ2v) is 11.0. The predicted octanol–water partition coefficient (Wildman–Crippen LogP) is 6.23. The maximum Gasteiger partial charge on any atom is 0.255 e. The van der Waals surface area contributed by atoms with Crippen molar-refractivity contribution in [2.75, 3.05) is 16.4 Å². The summed E-state index contributed by atoms with van der Waals surface area (Å²) in [7, 11) is 0. The summed E-state index contributed by atoms with van der Waals surface area (Å²) >= 11 is 1.59. The molecule has 0 fully saturated rings. The van der Waals surface area contributed by atoms with Gasteiger partial charge in [-0.1, -0.05) is 75.9 Å². The van der Waals surface area contributed by atoms with Gasteiger partial charge in [-0.25, -0.2) is 4.68 Å². The van der Waals surface area contributed by atoms with Crippen molar-refractivity contribution in [1.82, 2.24) is 14.8 Å². The zero-order valence-electron chi connectivity index (χ0n) is 21.0. The molecule has 0 bridgehead atoms. The Labute approximate surface area is 206 Å². The van der Waals surface area contributed by atoms with Crippen molar-refractivity contribution >= 4 is 29.3 Å². The second kappa shape index (κ2) is 9.29. The SMILES string of the molecule is CCSc1nc2n(n1)C(c1ccc(C(C)(C)C)cc1)C(C(=O)Nc1cccc(C)c1C)=C(C)N2. The minimum Gasteiger partial charge on any atom is -0.328 e. The number of rotatable bonds is 5. The largest absolute Gasteiger partial charge is 0.328 e. The first-order valence-corrected chi connectivity index (χ1v) is 12.6. The highest BCUT2D eigenvalue weighted by atomic mass is 32.2. The van der Waals surface area contributed by atoms with E-state index in [1.54, 1.807) is 11.8 Å². The number of nitrogens with zero attached hydrogens (tertiary/aromatic N) is 3. The Bertz CT molecular complexity index is 1250. The van der Waals surface area contributed by atoms with Crippen LogP contribution in [-0.2, 0) is 10.2 Å². The van der Waals surface area contributed by atoms with E-state index in [4.69, 9.17) is 5.10 Å². The van der Waals surface area contributed by atoms with E-state index in [0.717, 1.165) is 33.8 Å². The van der Waals surface area contributed by atoms with Crippen LogP contribution in [-0.4, -0.2) is 26.4 Å². The molecule has 34 heavy (non-hydrogen) atoms. The zero-order valence-corrected chi connectivity index (χ0v) is 21.8. The molecule has 2 aromatic carbocycles.